The summed E-state index contributed by atoms with van der Waals surface area (Å²) in [6.45, 7) is 0.707. The van der Waals surface area contributed by atoms with Gasteiger partial charge in [0.15, 0.2) is 0 Å². The molecule has 0 bridgehead atoms. The van der Waals surface area contributed by atoms with Crippen molar-refractivity contribution in [1.82, 2.24) is 0 Å². The molecule has 0 aliphatic carbocycles. The van der Waals surface area contributed by atoms with Crippen LogP contribution in [0.1, 0.15) is 18.1 Å². The molecule has 1 aromatic rings. The summed E-state index contributed by atoms with van der Waals surface area (Å²) in [5.41, 5.74) is 5.77. The van der Waals surface area contributed by atoms with E-state index in [-0.39, 0.29) is 0 Å². The molecule has 1 saturated heterocycles. The van der Waals surface area contributed by atoms with Gasteiger partial charge in [-0.05, 0) is 36.0 Å². The van der Waals surface area contributed by atoms with Crippen LogP contribution < -0.4 is 5.73 Å². The fraction of sp³-hybridized carbons (Fsp3) is 0.600. The summed E-state index contributed by atoms with van der Waals surface area (Å²) < 4.78 is 5.41. The van der Waals surface area contributed by atoms with E-state index in [2.05, 4.69) is 0 Å². The second kappa shape index (κ2) is 4.20. The Hall–Kier alpha value is -0.410. The molecule has 72 valence electrons. The predicted molar refractivity (Wildman–Crippen MR) is 55.9 cm³/mol. The minimum Gasteiger partial charge on any atom is -0.469 e. The quantitative estimate of drug-likeness (QED) is 0.806. The molecular weight excluding hydrogens is 182 g/mol. The molecule has 1 fully saturated rings. The Bertz CT molecular complexity index is 241. The average Bonchev–Trinajstić information content (AvgIpc) is 2.76. The van der Waals surface area contributed by atoms with Gasteiger partial charge in [0.2, 0.25) is 0 Å². The number of hydrogen-bond donors (Lipinski definition) is 1. The molecule has 13 heavy (non-hydrogen) atoms. The van der Waals surface area contributed by atoms with Gasteiger partial charge in [0.05, 0.1) is 6.26 Å². The molecule has 2 N–H and O–H groups in total. The van der Waals surface area contributed by atoms with E-state index in [4.69, 9.17) is 10.2 Å². The second-order valence-electron chi connectivity index (χ2n) is 3.48. The minimum atomic E-state index is 0.435. The monoisotopic (exact) mass is 197 g/mol. The first-order valence-electron chi connectivity index (χ1n) is 4.73. The maximum absolute atomic E-state index is 5.77. The van der Waals surface area contributed by atoms with Crippen LogP contribution in [0, 0.1) is 5.92 Å². The topological polar surface area (TPSA) is 39.2 Å². The predicted octanol–water partition coefficient (Wildman–Crippen LogP) is 2.08. The fourth-order valence-electron chi connectivity index (χ4n) is 1.91. The highest BCUT2D eigenvalue weighted by Gasteiger charge is 2.27. The summed E-state index contributed by atoms with van der Waals surface area (Å²) in [6, 6.07) is 3.99. The van der Waals surface area contributed by atoms with Gasteiger partial charge in [-0.25, -0.2) is 0 Å². The van der Waals surface area contributed by atoms with E-state index in [9.17, 15) is 0 Å². The summed E-state index contributed by atoms with van der Waals surface area (Å²) in [5, 5.41) is 0. The zero-order valence-corrected chi connectivity index (χ0v) is 8.43. The smallest absolute Gasteiger partial charge is 0.108 e. The Balaban J connectivity index is 2.08. The van der Waals surface area contributed by atoms with E-state index in [0.717, 1.165) is 11.7 Å². The molecule has 2 heterocycles. The van der Waals surface area contributed by atoms with Crippen LogP contribution in [0.2, 0.25) is 0 Å². The molecule has 1 aliphatic rings. The molecule has 0 aromatic carbocycles. The van der Waals surface area contributed by atoms with E-state index in [1.54, 1.807) is 6.26 Å². The number of thioether (sulfide) groups is 1. The van der Waals surface area contributed by atoms with E-state index in [0.29, 0.717) is 12.5 Å². The van der Waals surface area contributed by atoms with Crippen LogP contribution in [0.3, 0.4) is 0 Å². The molecular formula is C10H15NOS. The first-order chi connectivity index (χ1) is 6.42. The van der Waals surface area contributed by atoms with E-state index in [1.807, 2.05) is 23.9 Å². The van der Waals surface area contributed by atoms with Crippen LogP contribution in [0.15, 0.2) is 22.8 Å². The van der Waals surface area contributed by atoms with Gasteiger partial charge >= 0.3 is 0 Å². The summed E-state index contributed by atoms with van der Waals surface area (Å²) in [7, 11) is 0. The lowest BCUT2D eigenvalue weighted by molar-refractivity contribution is 0.387. The molecule has 2 unspecified atom stereocenters. The molecule has 0 amide bonds. The van der Waals surface area contributed by atoms with Crippen LogP contribution in [0.25, 0.3) is 0 Å². The molecule has 3 heteroatoms. The number of hydrogen-bond acceptors (Lipinski definition) is 3. The van der Waals surface area contributed by atoms with Crippen molar-refractivity contribution < 1.29 is 4.42 Å². The number of furan rings is 1. The maximum atomic E-state index is 5.77. The van der Waals surface area contributed by atoms with Gasteiger partial charge in [-0.3, -0.25) is 0 Å². The molecule has 0 saturated carbocycles. The Kier molecular flexibility index (Phi) is 2.96. The minimum absolute atomic E-state index is 0.435. The van der Waals surface area contributed by atoms with Crippen molar-refractivity contribution in [3.8, 4) is 0 Å². The van der Waals surface area contributed by atoms with Gasteiger partial charge in [0.25, 0.3) is 0 Å². The van der Waals surface area contributed by atoms with E-state index >= 15 is 0 Å². The van der Waals surface area contributed by atoms with E-state index in [1.165, 1.54) is 17.9 Å². The van der Waals surface area contributed by atoms with Gasteiger partial charge in [0, 0.05) is 12.5 Å². The number of nitrogens with two attached hydrogens (primary N) is 1. The lowest BCUT2D eigenvalue weighted by Crippen LogP contribution is -2.20. The summed E-state index contributed by atoms with van der Waals surface area (Å²) >= 11 is 2.03. The van der Waals surface area contributed by atoms with Crippen LogP contribution in [-0.4, -0.2) is 18.1 Å². The molecule has 2 atom stereocenters. The molecule has 0 spiro atoms. The zero-order valence-electron chi connectivity index (χ0n) is 7.61. The van der Waals surface area contributed by atoms with Crippen molar-refractivity contribution in [2.24, 2.45) is 11.7 Å². The van der Waals surface area contributed by atoms with Crippen LogP contribution >= 0.6 is 11.8 Å². The highest BCUT2D eigenvalue weighted by atomic mass is 32.2. The van der Waals surface area contributed by atoms with Crippen molar-refractivity contribution in [1.29, 1.82) is 0 Å². The second-order valence-corrected chi connectivity index (χ2v) is 4.63. The zero-order chi connectivity index (χ0) is 9.10. The van der Waals surface area contributed by atoms with Gasteiger partial charge < -0.3 is 10.2 Å². The summed E-state index contributed by atoms with van der Waals surface area (Å²) in [6.07, 6.45) is 3.02. The molecule has 2 rings (SSSR count). The Morgan fingerprint density at radius 3 is 3.15 bits per heavy atom. The third-order valence-corrected chi connectivity index (χ3v) is 3.88. The van der Waals surface area contributed by atoms with Gasteiger partial charge in [-0.2, -0.15) is 11.8 Å². The first kappa shape index (κ1) is 9.16. The van der Waals surface area contributed by atoms with Gasteiger partial charge in [-0.15, -0.1) is 0 Å². The molecule has 2 nitrogen and oxygen atoms in total. The lowest BCUT2D eigenvalue weighted by atomic mass is 9.90. The lowest BCUT2D eigenvalue weighted by Gasteiger charge is -2.18. The summed E-state index contributed by atoms with van der Waals surface area (Å²) in [4.78, 5) is 0. The largest absolute Gasteiger partial charge is 0.469 e. The van der Waals surface area contributed by atoms with E-state index < -0.39 is 0 Å². The third kappa shape index (κ3) is 1.92. The molecule has 1 aromatic heterocycles. The highest BCUT2D eigenvalue weighted by molar-refractivity contribution is 7.99. The van der Waals surface area contributed by atoms with Crippen molar-refractivity contribution in [3.05, 3.63) is 24.2 Å². The Morgan fingerprint density at radius 2 is 2.62 bits per heavy atom. The Labute approximate surface area is 82.9 Å². The molecule has 0 radical (unpaired) electrons. The van der Waals surface area contributed by atoms with Crippen molar-refractivity contribution in [3.63, 3.8) is 0 Å². The van der Waals surface area contributed by atoms with Gasteiger partial charge in [-0.1, -0.05) is 0 Å². The first-order valence-corrected chi connectivity index (χ1v) is 5.88. The third-order valence-electron chi connectivity index (χ3n) is 2.70. The normalized spacial score (nSPS) is 24.8. The van der Waals surface area contributed by atoms with Crippen LogP contribution in [-0.2, 0) is 0 Å². The van der Waals surface area contributed by atoms with Crippen LogP contribution in [0.4, 0.5) is 0 Å². The standard InChI is InChI=1S/C10H15NOS/c11-6-9(8-3-5-13-7-8)10-2-1-4-12-10/h1-2,4,8-9H,3,5-7,11H2. The van der Waals surface area contributed by atoms with Crippen molar-refractivity contribution in [2.75, 3.05) is 18.1 Å². The number of rotatable bonds is 3. The maximum Gasteiger partial charge on any atom is 0.108 e. The fourth-order valence-corrected chi connectivity index (χ4v) is 3.25. The van der Waals surface area contributed by atoms with Crippen LogP contribution in [0.5, 0.6) is 0 Å². The average molecular weight is 197 g/mol. The molecule has 1 aliphatic heterocycles. The SMILES string of the molecule is NCC(c1ccco1)C1CCSC1. The van der Waals surface area contributed by atoms with Crippen molar-refractivity contribution >= 4 is 11.8 Å². The highest BCUT2D eigenvalue weighted by Crippen LogP contribution is 2.35. The summed E-state index contributed by atoms with van der Waals surface area (Å²) in [5.74, 6) is 4.74. The van der Waals surface area contributed by atoms with Crippen molar-refractivity contribution in [2.45, 2.75) is 12.3 Å². The van der Waals surface area contributed by atoms with Gasteiger partial charge in [0.1, 0.15) is 5.76 Å². The Morgan fingerprint density at radius 1 is 1.69 bits per heavy atom.